The van der Waals surface area contributed by atoms with E-state index in [0.717, 1.165) is 49.3 Å². The van der Waals surface area contributed by atoms with Gasteiger partial charge >= 0.3 is 6.03 Å². The van der Waals surface area contributed by atoms with Crippen molar-refractivity contribution in [2.24, 2.45) is 5.41 Å². The second kappa shape index (κ2) is 6.24. The lowest BCUT2D eigenvalue weighted by Crippen LogP contribution is -2.43. The molecule has 2 aliphatic rings. The molecule has 2 N–H and O–H groups in total. The highest BCUT2D eigenvalue weighted by Gasteiger charge is 2.47. The molecule has 1 aliphatic carbocycles. The van der Waals surface area contributed by atoms with E-state index in [2.05, 4.69) is 31.2 Å². The standard InChI is InChI=1S/C17H21N7O/c18-5-1-6-20-16(25)24-9-8-23(10-17(11-24)3-4-17)15-13-2-7-19-14(13)21-12-22-15/h2,7,12H,1,3-4,6,8-11H2,(H,20,25)(H,19,21,22). The highest BCUT2D eigenvalue weighted by Crippen LogP contribution is 2.48. The SMILES string of the molecule is N#CCCNC(=O)N1CCN(c2ncnc3[nH]ccc23)CC2(CC2)C1. The Hall–Kier alpha value is -2.82. The van der Waals surface area contributed by atoms with Gasteiger partial charge in [-0.15, -0.1) is 0 Å². The van der Waals surface area contributed by atoms with Gasteiger partial charge < -0.3 is 20.1 Å². The van der Waals surface area contributed by atoms with E-state index in [1.54, 1.807) is 6.33 Å². The van der Waals surface area contributed by atoms with Crippen molar-refractivity contribution < 1.29 is 4.79 Å². The molecule has 4 rings (SSSR count). The number of H-pyrrole nitrogens is 1. The van der Waals surface area contributed by atoms with Gasteiger partial charge in [-0.25, -0.2) is 14.8 Å². The third-order valence-electron chi connectivity index (χ3n) is 5.08. The minimum Gasteiger partial charge on any atom is -0.354 e. The Morgan fingerprint density at radius 2 is 2.24 bits per heavy atom. The highest BCUT2D eigenvalue weighted by atomic mass is 16.2. The molecule has 0 atom stereocenters. The van der Waals surface area contributed by atoms with Gasteiger partial charge in [-0.1, -0.05) is 0 Å². The van der Waals surface area contributed by atoms with Crippen LogP contribution in [0.3, 0.4) is 0 Å². The maximum atomic E-state index is 12.4. The number of fused-ring (bicyclic) bond motifs is 1. The number of nitrogens with one attached hydrogen (secondary N) is 2. The summed E-state index contributed by atoms with van der Waals surface area (Å²) < 4.78 is 0. The number of hydrogen-bond donors (Lipinski definition) is 2. The van der Waals surface area contributed by atoms with Crippen LogP contribution in [0.5, 0.6) is 0 Å². The van der Waals surface area contributed by atoms with Gasteiger partial charge in [0, 0.05) is 44.3 Å². The zero-order valence-corrected chi connectivity index (χ0v) is 14.0. The third-order valence-corrected chi connectivity index (χ3v) is 5.08. The quantitative estimate of drug-likeness (QED) is 0.825. The molecule has 0 bridgehead atoms. The van der Waals surface area contributed by atoms with Gasteiger partial charge in [-0.05, 0) is 18.9 Å². The number of amides is 2. The Kier molecular flexibility index (Phi) is 3.92. The number of aromatic amines is 1. The van der Waals surface area contributed by atoms with Crippen LogP contribution in [-0.2, 0) is 0 Å². The Morgan fingerprint density at radius 1 is 1.36 bits per heavy atom. The summed E-state index contributed by atoms with van der Waals surface area (Å²) >= 11 is 0. The maximum Gasteiger partial charge on any atom is 0.317 e. The van der Waals surface area contributed by atoms with Gasteiger partial charge in [-0.3, -0.25) is 0 Å². The zero-order chi connectivity index (χ0) is 17.3. The first kappa shape index (κ1) is 15.7. The van der Waals surface area contributed by atoms with Crippen molar-refractivity contribution in [2.45, 2.75) is 19.3 Å². The Balaban J connectivity index is 1.53. The molecule has 25 heavy (non-hydrogen) atoms. The van der Waals surface area contributed by atoms with Crippen molar-refractivity contribution in [3.63, 3.8) is 0 Å². The summed E-state index contributed by atoms with van der Waals surface area (Å²) in [5.41, 5.74) is 1.00. The fourth-order valence-electron chi connectivity index (χ4n) is 3.55. The molecule has 1 aliphatic heterocycles. The van der Waals surface area contributed by atoms with Crippen molar-refractivity contribution in [1.82, 2.24) is 25.2 Å². The van der Waals surface area contributed by atoms with Gasteiger partial charge in [0.15, 0.2) is 0 Å². The largest absolute Gasteiger partial charge is 0.354 e. The second-order valence-electron chi connectivity index (χ2n) is 6.92. The van der Waals surface area contributed by atoms with Gasteiger partial charge in [0.05, 0.1) is 17.9 Å². The van der Waals surface area contributed by atoms with E-state index < -0.39 is 0 Å². The van der Waals surface area contributed by atoms with Crippen molar-refractivity contribution in [2.75, 3.05) is 37.6 Å². The number of nitriles is 1. The van der Waals surface area contributed by atoms with E-state index in [1.165, 1.54) is 0 Å². The molecule has 2 aromatic heterocycles. The zero-order valence-electron chi connectivity index (χ0n) is 14.0. The van der Waals surface area contributed by atoms with Gasteiger partial charge in [0.25, 0.3) is 0 Å². The first-order valence-corrected chi connectivity index (χ1v) is 8.64. The second-order valence-corrected chi connectivity index (χ2v) is 6.92. The topological polar surface area (TPSA) is 101 Å². The Morgan fingerprint density at radius 3 is 3.04 bits per heavy atom. The van der Waals surface area contributed by atoms with Crippen LogP contribution < -0.4 is 10.2 Å². The van der Waals surface area contributed by atoms with Crippen LogP contribution in [0.15, 0.2) is 18.6 Å². The summed E-state index contributed by atoms with van der Waals surface area (Å²) in [4.78, 5) is 28.5. The first-order chi connectivity index (χ1) is 12.2. The van der Waals surface area contributed by atoms with Gasteiger partial charge in [-0.2, -0.15) is 5.26 Å². The predicted molar refractivity (Wildman–Crippen MR) is 93.0 cm³/mol. The molecular formula is C17H21N7O. The molecule has 2 fully saturated rings. The van der Waals surface area contributed by atoms with Crippen LogP contribution in [0.25, 0.3) is 11.0 Å². The number of hydrogen-bond acceptors (Lipinski definition) is 5. The number of aromatic nitrogens is 3. The highest BCUT2D eigenvalue weighted by molar-refractivity contribution is 5.87. The smallest absolute Gasteiger partial charge is 0.317 e. The fourth-order valence-corrected chi connectivity index (χ4v) is 3.55. The van der Waals surface area contributed by atoms with E-state index in [1.807, 2.05) is 17.2 Å². The lowest BCUT2D eigenvalue weighted by Gasteiger charge is -2.25. The van der Waals surface area contributed by atoms with E-state index in [0.29, 0.717) is 19.5 Å². The molecule has 2 amide bonds. The lowest BCUT2D eigenvalue weighted by atomic mass is 10.1. The van der Waals surface area contributed by atoms with Gasteiger partial charge in [0.2, 0.25) is 0 Å². The molecule has 2 aromatic rings. The van der Waals surface area contributed by atoms with Crippen LogP contribution in [0, 0.1) is 16.7 Å². The average molecular weight is 339 g/mol. The number of carbonyl (C=O) groups is 1. The number of anilines is 1. The van der Waals surface area contributed by atoms with Gasteiger partial charge in [0.1, 0.15) is 17.8 Å². The molecule has 0 radical (unpaired) electrons. The Labute approximate surface area is 145 Å². The summed E-state index contributed by atoms with van der Waals surface area (Å²) in [6.07, 6.45) is 6.07. The van der Waals surface area contributed by atoms with Crippen LogP contribution in [-0.4, -0.2) is 58.6 Å². The molecule has 8 nitrogen and oxygen atoms in total. The minimum absolute atomic E-state index is 0.0714. The maximum absolute atomic E-state index is 12.4. The van der Waals surface area contributed by atoms with E-state index in [-0.39, 0.29) is 11.4 Å². The summed E-state index contributed by atoms with van der Waals surface area (Å²) in [5, 5.41) is 12.5. The molecule has 8 heteroatoms. The number of carbonyl (C=O) groups excluding carboxylic acids is 1. The van der Waals surface area contributed by atoms with E-state index >= 15 is 0 Å². The molecule has 1 saturated heterocycles. The number of rotatable bonds is 3. The summed E-state index contributed by atoms with van der Waals surface area (Å²) in [6.45, 7) is 3.47. The fraction of sp³-hybridized carbons (Fsp3) is 0.529. The molecule has 1 saturated carbocycles. The molecule has 0 aromatic carbocycles. The normalized spacial score (nSPS) is 18.8. The van der Waals surface area contributed by atoms with Crippen LogP contribution in [0.2, 0.25) is 0 Å². The third kappa shape index (κ3) is 3.09. The summed E-state index contributed by atoms with van der Waals surface area (Å²) in [7, 11) is 0. The average Bonchev–Trinajstić information content (AvgIpc) is 3.26. The number of nitrogens with zero attached hydrogens (tertiary/aromatic N) is 5. The van der Waals surface area contributed by atoms with E-state index in [9.17, 15) is 4.79 Å². The molecule has 0 unspecified atom stereocenters. The monoisotopic (exact) mass is 339 g/mol. The van der Waals surface area contributed by atoms with Crippen LogP contribution in [0.4, 0.5) is 10.6 Å². The van der Waals surface area contributed by atoms with Crippen LogP contribution >= 0.6 is 0 Å². The van der Waals surface area contributed by atoms with E-state index in [4.69, 9.17) is 5.26 Å². The molecule has 130 valence electrons. The molecule has 1 spiro atoms. The number of urea groups is 1. The molecule has 3 heterocycles. The van der Waals surface area contributed by atoms with Crippen molar-refractivity contribution in [3.05, 3.63) is 18.6 Å². The lowest BCUT2D eigenvalue weighted by molar-refractivity contribution is 0.192. The first-order valence-electron chi connectivity index (χ1n) is 8.64. The van der Waals surface area contributed by atoms with Crippen LogP contribution in [0.1, 0.15) is 19.3 Å². The predicted octanol–water partition coefficient (Wildman–Crippen LogP) is 1.48. The minimum atomic E-state index is -0.0714. The van der Waals surface area contributed by atoms with Crippen molar-refractivity contribution in [3.8, 4) is 6.07 Å². The molecular weight excluding hydrogens is 318 g/mol. The van der Waals surface area contributed by atoms with Crippen molar-refractivity contribution >= 4 is 22.9 Å². The van der Waals surface area contributed by atoms with Crippen molar-refractivity contribution in [1.29, 1.82) is 5.26 Å². The summed E-state index contributed by atoms with van der Waals surface area (Å²) in [6, 6.07) is 3.98. The summed E-state index contributed by atoms with van der Waals surface area (Å²) in [5.74, 6) is 0.935. The Bertz CT molecular complexity index is 820.